The Morgan fingerprint density at radius 2 is 1.17 bits per heavy atom. The Hall–Kier alpha value is -2.08. The molecule has 0 heterocycles. The molecule has 0 heteroatoms. The van der Waals surface area contributed by atoms with Gasteiger partial charge in [-0.3, -0.25) is 0 Å². The lowest BCUT2D eigenvalue weighted by Crippen LogP contribution is -1.96. The average molecular weight is 306 g/mol. The minimum absolute atomic E-state index is 0.778. The third-order valence-electron chi connectivity index (χ3n) is 3.92. The molecular weight excluding hydrogens is 276 g/mol. The highest BCUT2D eigenvalue weighted by Gasteiger charge is 2.02. The van der Waals surface area contributed by atoms with E-state index < -0.39 is 0 Å². The lowest BCUT2D eigenvalue weighted by molar-refractivity contribution is 0.687. The van der Waals surface area contributed by atoms with Gasteiger partial charge >= 0.3 is 0 Å². The molecule has 2 aromatic rings. The first-order valence-electron chi connectivity index (χ1n) is 8.37. The van der Waals surface area contributed by atoms with E-state index in [2.05, 4.69) is 89.2 Å². The Labute approximate surface area is 142 Å². The van der Waals surface area contributed by atoms with Gasteiger partial charge in [0, 0.05) is 0 Å². The largest absolute Gasteiger partial charge is 0.0840 e. The van der Waals surface area contributed by atoms with Gasteiger partial charge in [-0.15, -0.1) is 0 Å². The van der Waals surface area contributed by atoms with Gasteiger partial charge in [-0.2, -0.15) is 0 Å². The van der Waals surface area contributed by atoms with Crippen molar-refractivity contribution in [3.8, 4) is 0 Å². The fourth-order valence-electron chi connectivity index (χ4n) is 2.02. The molecule has 1 unspecified atom stereocenters. The average Bonchev–Trinajstić information content (AvgIpc) is 2.55. The molecule has 0 aliphatic heterocycles. The standard InChI is InChI=1S/C8H10.C8H12.C7H8/c1-7-3-5-8(2)6-4-7;1-7-5-3-4-6-8(7)2;1-7-5-3-2-4-6-7/h3-6H,1-2H3;3-5,8H,6H2,1-2H3;2-6H,1H3. The molecule has 0 N–H and O–H groups in total. The van der Waals surface area contributed by atoms with Crippen molar-refractivity contribution in [3.63, 3.8) is 0 Å². The van der Waals surface area contributed by atoms with Crippen LogP contribution in [0.15, 0.2) is 78.4 Å². The van der Waals surface area contributed by atoms with Crippen LogP contribution in [-0.4, -0.2) is 0 Å². The maximum absolute atomic E-state index is 2.26. The first kappa shape index (κ1) is 19.0. The van der Waals surface area contributed by atoms with Gasteiger partial charge in [-0.05, 0) is 40.0 Å². The summed E-state index contributed by atoms with van der Waals surface area (Å²) in [6.45, 7) is 10.7. The predicted molar refractivity (Wildman–Crippen MR) is 104 cm³/mol. The van der Waals surface area contributed by atoms with Crippen molar-refractivity contribution in [3.05, 3.63) is 95.1 Å². The normalized spacial score (nSPS) is 15.5. The highest BCUT2D eigenvalue weighted by atomic mass is 14.1. The molecule has 23 heavy (non-hydrogen) atoms. The summed E-state index contributed by atoms with van der Waals surface area (Å²) in [5.74, 6) is 0.778. The summed E-state index contributed by atoms with van der Waals surface area (Å²) in [6, 6.07) is 18.7. The van der Waals surface area contributed by atoms with Gasteiger partial charge in [0.25, 0.3) is 0 Å². The second-order valence-corrected chi connectivity index (χ2v) is 6.28. The van der Waals surface area contributed by atoms with E-state index >= 15 is 0 Å². The van der Waals surface area contributed by atoms with Crippen LogP contribution in [0, 0.1) is 26.7 Å². The van der Waals surface area contributed by atoms with E-state index in [0.29, 0.717) is 0 Å². The maximum Gasteiger partial charge on any atom is -0.0197 e. The molecule has 122 valence electrons. The fourth-order valence-corrected chi connectivity index (χ4v) is 2.02. The molecule has 0 saturated carbocycles. The number of hydrogen-bond acceptors (Lipinski definition) is 0. The Balaban J connectivity index is 0.000000173. The second kappa shape index (κ2) is 10.6. The number of allylic oxidation sites excluding steroid dienone is 4. The summed E-state index contributed by atoms with van der Waals surface area (Å²) in [6.07, 6.45) is 7.77. The second-order valence-electron chi connectivity index (χ2n) is 6.28. The molecule has 3 rings (SSSR count). The quantitative estimate of drug-likeness (QED) is 0.500. The van der Waals surface area contributed by atoms with Gasteiger partial charge in [0.15, 0.2) is 0 Å². The number of hydrogen-bond donors (Lipinski definition) is 0. The fraction of sp³-hybridized carbons (Fsp3) is 0.304. The van der Waals surface area contributed by atoms with E-state index in [-0.39, 0.29) is 0 Å². The number of aryl methyl sites for hydroxylation is 3. The minimum atomic E-state index is 0.778. The zero-order valence-corrected chi connectivity index (χ0v) is 15.2. The summed E-state index contributed by atoms with van der Waals surface area (Å²) >= 11 is 0. The van der Waals surface area contributed by atoms with Gasteiger partial charge in [0.05, 0.1) is 0 Å². The summed E-state index contributed by atoms with van der Waals surface area (Å²) < 4.78 is 0. The molecular formula is C23H30. The van der Waals surface area contributed by atoms with E-state index in [4.69, 9.17) is 0 Å². The highest BCUT2D eigenvalue weighted by Crippen LogP contribution is 2.17. The molecule has 1 aliphatic rings. The molecule has 0 saturated heterocycles. The molecule has 0 nitrogen and oxygen atoms in total. The van der Waals surface area contributed by atoms with E-state index in [0.717, 1.165) is 5.92 Å². The van der Waals surface area contributed by atoms with Crippen LogP contribution >= 0.6 is 0 Å². The lowest BCUT2D eigenvalue weighted by atomic mass is 9.95. The van der Waals surface area contributed by atoms with E-state index in [9.17, 15) is 0 Å². The summed E-state index contributed by atoms with van der Waals surface area (Å²) in [5, 5.41) is 0. The van der Waals surface area contributed by atoms with Crippen molar-refractivity contribution in [1.29, 1.82) is 0 Å². The first-order valence-corrected chi connectivity index (χ1v) is 8.37. The number of benzene rings is 2. The Bertz CT molecular complexity index is 579. The van der Waals surface area contributed by atoms with Gasteiger partial charge in [-0.1, -0.05) is 102 Å². The molecule has 0 aromatic heterocycles. The van der Waals surface area contributed by atoms with Gasteiger partial charge in [0.2, 0.25) is 0 Å². The van der Waals surface area contributed by atoms with Crippen LogP contribution in [0.1, 0.15) is 37.0 Å². The van der Waals surface area contributed by atoms with Gasteiger partial charge in [-0.25, -0.2) is 0 Å². The zero-order chi connectivity index (χ0) is 17.1. The number of rotatable bonds is 0. The smallest absolute Gasteiger partial charge is 0.0197 e. The third kappa shape index (κ3) is 8.83. The molecule has 0 spiro atoms. The topological polar surface area (TPSA) is 0 Å². The Morgan fingerprint density at radius 3 is 1.48 bits per heavy atom. The highest BCUT2D eigenvalue weighted by molar-refractivity contribution is 5.19. The monoisotopic (exact) mass is 306 g/mol. The van der Waals surface area contributed by atoms with E-state index in [1.165, 1.54) is 28.7 Å². The lowest BCUT2D eigenvalue weighted by Gasteiger charge is -2.11. The maximum atomic E-state index is 2.26. The van der Waals surface area contributed by atoms with Crippen LogP contribution in [0.4, 0.5) is 0 Å². The molecule has 0 fully saturated rings. The minimum Gasteiger partial charge on any atom is -0.0840 e. The van der Waals surface area contributed by atoms with Crippen LogP contribution in [-0.2, 0) is 0 Å². The Morgan fingerprint density at radius 1 is 0.696 bits per heavy atom. The van der Waals surface area contributed by atoms with Crippen LogP contribution < -0.4 is 0 Å². The summed E-state index contributed by atoms with van der Waals surface area (Å²) in [7, 11) is 0. The van der Waals surface area contributed by atoms with Gasteiger partial charge < -0.3 is 0 Å². The summed E-state index contributed by atoms with van der Waals surface area (Å²) in [5.41, 5.74) is 5.49. The van der Waals surface area contributed by atoms with Crippen LogP contribution in [0.2, 0.25) is 0 Å². The molecule has 2 aromatic carbocycles. The van der Waals surface area contributed by atoms with Crippen molar-refractivity contribution in [2.24, 2.45) is 5.92 Å². The zero-order valence-electron chi connectivity index (χ0n) is 15.2. The molecule has 0 bridgehead atoms. The van der Waals surface area contributed by atoms with Crippen LogP contribution in [0.25, 0.3) is 0 Å². The van der Waals surface area contributed by atoms with Gasteiger partial charge in [0.1, 0.15) is 0 Å². The van der Waals surface area contributed by atoms with E-state index in [1.807, 2.05) is 18.2 Å². The molecule has 0 amide bonds. The SMILES string of the molecule is CC1=CC=CCC1C.Cc1ccc(C)cc1.Cc1ccccc1. The third-order valence-corrected chi connectivity index (χ3v) is 3.92. The van der Waals surface area contributed by atoms with Crippen molar-refractivity contribution in [1.82, 2.24) is 0 Å². The van der Waals surface area contributed by atoms with Crippen molar-refractivity contribution < 1.29 is 0 Å². The molecule has 1 aliphatic carbocycles. The van der Waals surface area contributed by atoms with Crippen molar-refractivity contribution >= 4 is 0 Å². The molecule has 0 radical (unpaired) electrons. The van der Waals surface area contributed by atoms with Crippen molar-refractivity contribution in [2.45, 2.75) is 41.0 Å². The first-order chi connectivity index (χ1) is 11.0. The summed E-state index contributed by atoms with van der Waals surface area (Å²) in [4.78, 5) is 0. The van der Waals surface area contributed by atoms with Crippen LogP contribution in [0.3, 0.4) is 0 Å². The van der Waals surface area contributed by atoms with Crippen molar-refractivity contribution in [2.75, 3.05) is 0 Å². The van der Waals surface area contributed by atoms with Crippen LogP contribution in [0.5, 0.6) is 0 Å². The molecule has 1 atom stereocenters. The van der Waals surface area contributed by atoms with E-state index in [1.54, 1.807) is 0 Å². The predicted octanol–water partition coefficient (Wildman–Crippen LogP) is 6.83. The Kier molecular flexibility index (Phi) is 8.75.